The third kappa shape index (κ3) is 8.43. The van der Waals surface area contributed by atoms with E-state index in [9.17, 15) is 14.9 Å². The first kappa shape index (κ1) is 29.1. The average molecular weight is 472 g/mol. The van der Waals surface area contributed by atoms with E-state index in [0.717, 1.165) is 35.2 Å². The number of ether oxygens (including phenoxy) is 1. The van der Waals surface area contributed by atoms with Gasteiger partial charge >= 0.3 is 6.09 Å². The van der Waals surface area contributed by atoms with Gasteiger partial charge < -0.3 is 10.1 Å². The molecule has 1 N–H and O–H groups in total. The normalized spacial score (nSPS) is 13.4. The Balaban J connectivity index is 0.00000137. The maximum Gasteiger partial charge on any atom is 0.407 e. The van der Waals surface area contributed by atoms with Gasteiger partial charge in [-0.1, -0.05) is 58.9 Å². The van der Waals surface area contributed by atoms with Gasteiger partial charge in [-0.15, -0.1) is 0 Å². The summed E-state index contributed by atoms with van der Waals surface area (Å²) in [7, 11) is 0. The first-order valence-electron chi connectivity index (χ1n) is 12.3. The van der Waals surface area contributed by atoms with Gasteiger partial charge in [-0.3, -0.25) is 15.1 Å². The van der Waals surface area contributed by atoms with Crippen molar-refractivity contribution in [2.24, 2.45) is 0 Å². The summed E-state index contributed by atoms with van der Waals surface area (Å²) in [5, 5.41) is 14.2. The van der Waals surface area contributed by atoms with Crippen LogP contribution in [-0.2, 0) is 4.74 Å². The molecule has 3 rings (SSSR count). The third-order valence-electron chi connectivity index (χ3n) is 5.12. The molecule has 7 heteroatoms. The minimum atomic E-state index is -0.529. The van der Waals surface area contributed by atoms with Crippen LogP contribution in [0.15, 0.2) is 30.3 Å². The van der Waals surface area contributed by atoms with E-state index < -0.39 is 11.7 Å². The molecule has 188 valence electrons. The van der Waals surface area contributed by atoms with E-state index in [2.05, 4.69) is 10.3 Å². The minimum Gasteiger partial charge on any atom is -0.444 e. The number of carbonyl (C=O) groups is 1. The number of pyridine rings is 1. The van der Waals surface area contributed by atoms with E-state index in [1.165, 1.54) is 0 Å². The summed E-state index contributed by atoms with van der Waals surface area (Å²) in [6, 6.07) is 9.60. The van der Waals surface area contributed by atoms with Gasteiger partial charge in [0, 0.05) is 24.1 Å². The van der Waals surface area contributed by atoms with Gasteiger partial charge in [0.2, 0.25) is 0 Å². The van der Waals surface area contributed by atoms with Crippen molar-refractivity contribution in [2.75, 3.05) is 6.54 Å². The Bertz CT molecular complexity index is 946. The van der Waals surface area contributed by atoms with E-state index in [1.807, 2.05) is 79.7 Å². The van der Waals surface area contributed by atoms with Crippen molar-refractivity contribution in [3.05, 3.63) is 57.4 Å². The molecule has 1 heterocycles. The first-order chi connectivity index (χ1) is 16.0. The number of nitrogens with one attached hydrogen (secondary N) is 1. The second-order valence-electron chi connectivity index (χ2n) is 8.96. The molecular formula is C27H41N3O4. The van der Waals surface area contributed by atoms with Gasteiger partial charge in [-0.05, 0) is 57.6 Å². The highest BCUT2D eigenvalue weighted by molar-refractivity contribution is 5.71. The van der Waals surface area contributed by atoms with Crippen LogP contribution in [0, 0.1) is 17.0 Å². The molecule has 1 aromatic carbocycles. The lowest BCUT2D eigenvalue weighted by molar-refractivity contribution is -0.385. The zero-order chi connectivity index (χ0) is 26.1. The maximum absolute atomic E-state index is 11.9. The molecule has 0 spiro atoms. The Morgan fingerprint density at radius 1 is 1.18 bits per heavy atom. The number of hydrogen-bond acceptors (Lipinski definition) is 5. The standard InChI is InChI=1S/C23H29N3O4.2C2H6/c1-14(13-24-22(27)30-23(3,4)5)16-6-8-17(9-7-16)19-12-20(26(28)29)15(2)25-21(19)18-10-11-18;2*1-2/h6-9,12,14,18H,10-11,13H2,1-5H3,(H,24,27);2*1-2H3. The van der Waals surface area contributed by atoms with Crippen LogP contribution in [0.1, 0.15) is 97.0 Å². The molecule has 7 nitrogen and oxygen atoms in total. The number of amides is 1. The van der Waals surface area contributed by atoms with Crippen LogP contribution in [0.3, 0.4) is 0 Å². The monoisotopic (exact) mass is 471 g/mol. The Labute approximate surface area is 204 Å². The van der Waals surface area contributed by atoms with Crippen LogP contribution < -0.4 is 5.32 Å². The molecule has 0 bridgehead atoms. The molecule has 1 amide bonds. The summed E-state index contributed by atoms with van der Waals surface area (Å²) in [6.07, 6.45) is 1.71. The molecule has 0 aliphatic heterocycles. The van der Waals surface area contributed by atoms with E-state index in [-0.39, 0.29) is 16.5 Å². The molecule has 0 radical (unpaired) electrons. The molecule has 1 fully saturated rings. The van der Waals surface area contributed by atoms with Crippen molar-refractivity contribution in [1.29, 1.82) is 0 Å². The molecule has 34 heavy (non-hydrogen) atoms. The topological polar surface area (TPSA) is 94.4 Å². The fourth-order valence-electron chi connectivity index (χ4n) is 3.36. The quantitative estimate of drug-likeness (QED) is 0.347. The number of hydrogen-bond donors (Lipinski definition) is 1. The van der Waals surface area contributed by atoms with E-state index >= 15 is 0 Å². The van der Waals surface area contributed by atoms with Crippen molar-refractivity contribution in [2.45, 2.75) is 92.6 Å². The number of rotatable bonds is 6. The molecule has 1 aliphatic carbocycles. The second-order valence-corrected chi connectivity index (χ2v) is 8.96. The summed E-state index contributed by atoms with van der Waals surface area (Å²) in [5.41, 5.74) is 3.75. The Morgan fingerprint density at radius 3 is 2.21 bits per heavy atom. The van der Waals surface area contributed by atoms with Gasteiger partial charge in [0.05, 0.1) is 10.6 Å². The van der Waals surface area contributed by atoms with Crippen LogP contribution in [0.2, 0.25) is 0 Å². The first-order valence-corrected chi connectivity index (χ1v) is 12.3. The summed E-state index contributed by atoms with van der Waals surface area (Å²) in [4.78, 5) is 27.4. The zero-order valence-corrected chi connectivity index (χ0v) is 22.2. The molecule has 1 saturated carbocycles. The fourth-order valence-corrected chi connectivity index (χ4v) is 3.36. The smallest absolute Gasteiger partial charge is 0.407 e. The van der Waals surface area contributed by atoms with E-state index in [0.29, 0.717) is 18.2 Å². The minimum absolute atomic E-state index is 0.0494. The second kappa shape index (κ2) is 13.1. The Kier molecular flexibility index (Phi) is 11.2. The van der Waals surface area contributed by atoms with Crippen LogP contribution in [0.4, 0.5) is 10.5 Å². The molecular weight excluding hydrogens is 430 g/mol. The van der Waals surface area contributed by atoms with Crippen LogP contribution in [0.5, 0.6) is 0 Å². The molecule has 1 aromatic heterocycles. The summed E-state index contributed by atoms with van der Waals surface area (Å²) < 4.78 is 5.27. The molecule has 1 unspecified atom stereocenters. The Morgan fingerprint density at radius 2 is 1.74 bits per heavy atom. The lowest BCUT2D eigenvalue weighted by Gasteiger charge is -2.21. The predicted octanol–water partition coefficient (Wildman–Crippen LogP) is 7.52. The highest BCUT2D eigenvalue weighted by atomic mass is 16.6. The molecule has 1 aliphatic rings. The molecule has 0 saturated heterocycles. The molecule has 2 aromatic rings. The highest BCUT2D eigenvalue weighted by Crippen LogP contribution is 2.44. The number of carbonyl (C=O) groups excluding carboxylic acids is 1. The van der Waals surface area contributed by atoms with Crippen molar-refractivity contribution >= 4 is 11.8 Å². The van der Waals surface area contributed by atoms with Crippen LogP contribution in [0.25, 0.3) is 11.1 Å². The SMILES string of the molecule is CC.CC.Cc1nc(C2CC2)c(-c2ccc(C(C)CNC(=O)OC(C)(C)C)cc2)cc1[N+](=O)[O-]. The lowest BCUT2D eigenvalue weighted by Crippen LogP contribution is -2.34. The number of aryl methyl sites for hydroxylation is 1. The highest BCUT2D eigenvalue weighted by Gasteiger charge is 2.30. The lowest BCUT2D eigenvalue weighted by atomic mass is 9.95. The van der Waals surface area contributed by atoms with Gasteiger partial charge in [0.1, 0.15) is 11.3 Å². The van der Waals surface area contributed by atoms with Crippen molar-refractivity contribution in [3.63, 3.8) is 0 Å². The predicted molar refractivity (Wildman–Crippen MR) is 138 cm³/mol. The van der Waals surface area contributed by atoms with Gasteiger partial charge in [-0.25, -0.2) is 4.79 Å². The number of nitrogens with zero attached hydrogens (tertiary/aromatic N) is 2. The largest absolute Gasteiger partial charge is 0.444 e. The number of benzene rings is 1. The third-order valence-corrected chi connectivity index (χ3v) is 5.12. The van der Waals surface area contributed by atoms with E-state index in [1.54, 1.807) is 13.0 Å². The van der Waals surface area contributed by atoms with Crippen LogP contribution >= 0.6 is 0 Å². The van der Waals surface area contributed by atoms with Gasteiger partial charge in [-0.2, -0.15) is 0 Å². The number of nitro groups is 1. The van der Waals surface area contributed by atoms with Gasteiger partial charge in [0.15, 0.2) is 0 Å². The summed E-state index contributed by atoms with van der Waals surface area (Å²) in [6.45, 7) is 17.7. The average Bonchev–Trinajstić information content (AvgIpc) is 3.64. The number of alkyl carbamates (subject to hydrolysis) is 1. The summed E-state index contributed by atoms with van der Waals surface area (Å²) in [5.74, 6) is 0.482. The van der Waals surface area contributed by atoms with Crippen LogP contribution in [-0.4, -0.2) is 28.1 Å². The van der Waals surface area contributed by atoms with Gasteiger partial charge in [0.25, 0.3) is 5.69 Å². The zero-order valence-electron chi connectivity index (χ0n) is 22.2. The van der Waals surface area contributed by atoms with Crippen molar-refractivity contribution in [3.8, 4) is 11.1 Å². The maximum atomic E-state index is 11.9. The number of aromatic nitrogens is 1. The van der Waals surface area contributed by atoms with Crippen molar-refractivity contribution in [1.82, 2.24) is 10.3 Å². The van der Waals surface area contributed by atoms with Crippen molar-refractivity contribution < 1.29 is 14.5 Å². The summed E-state index contributed by atoms with van der Waals surface area (Å²) >= 11 is 0. The Hall–Kier alpha value is -2.96. The fraction of sp³-hybridized carbons (Fsp3) is 0.556. The van der Waals surface area contributed by atoms with E-state index in [4.69, 9.17) is 4.74 Å². The molecule has 1 atom stereocenters.